The molecule has 0 radical (unpaired) electrons. The number of rotatable bonds is 5. The molecule has 1 amide bonds. The number of aromatic nitrogens is 4. The highest BCUT2D eigenvalue weighted by Crippen LogP contribution is 2.23. The van der Waals surface area contributed by atoms with Gasteiger partial charge in [0.1, 0.15) is 0 Å². The molecular formula is C26H27ClN6O3. The van der Waals surface area contributed by atoms with Gasteiger partial charge in [0, 0.05) is 45.3 Å². The van der Waals surface area contributed by atoms with E-state index in [0.717, 1.165) is 15.7 Å². The molecule has 10 heteroatoms. The van der Waals surface area contributed by atoms with Crippen LogP contribution in [-0.4, -0.2) is 55.7 Å². The number of piperazine rings is 1. The molecule has 0 saturated carbocycles. The largest absolute Gasteiger partial charge is 0.339 e. The van der Waals surface area contributed by atoms with Crippen LogP contribution in [0, 0.1) is 0 Å². The summed E-state index contributed by atoms with van der Waals surface area (Å²) in [7, 11) is 3.11. The van der Waals surface area contributed by atoms with Crippen LogP contribution in [-0.2, 0) is 31.9 Å². The third-order valence-electron chi connectivity index (χ3n) is 6.70. The standard InChI is InChI=1S/C26H27ClN6O3/c1-29-23-22(24(35)30(2)26(29)36)33(17-19-6-4-3-5-7-19)25(28-23)32-14-12-31(13-15-32)21(34)16-18-8-10-20(27)11-9-18/h3-11H,12-17H2,1-2H3. The minimum atomic E-state index is -0.416. The van der Waals surface area contributed by atoms with Crippen LogP contribution < -0.4 is 16.1 Å². The number of carbonyl (C=O) groups excluding carboxylic acids is 1. The highest BCUT2D eigenvalue weighted by molar-refractivity contribution is 6.30. The van der Waals surface area contributed by atoms with Crippen LogP contribution in [0.1, 0.15) is 11.1 Å². The summed E-state index contributed by atoms with van der Waals surface area (Å²) in [5, 5.41) is 0.644. The van der Waals surface area contributed by atoms with Gasteiger partial charge in [-0.2, -0.15) is 4.98 Å². The molecule has 186 valence electrons. The second kappa shape index (κ2) is 9.66. The molecule has 1 fully saturated rings. The molecule has 36 heavy (non-hydrogen) atoms. The van der Waals surface area contributed by atoms with Gasteiger partial charge in [0.2, 0.25) is 11.9 Å². The Morgan fingerprint density at radius 2 is 1.56 bits per heavy atom. The van der Waals surface area contributed by atoms with Crippen LogP contribution in [0.3, 0.4) is 0 Å². The number of hydrogen-bond acceptors (Lipinski definition) is 5. The molecule has 9 nitrogen and oxygen atoms in total. The monoisotopic (exact) mass is 506 g/mol. The maximum absolute atomic E-state index is 13.2. The van der Waals surface area contributed by atoms with Gasteiger partial charge in [0.05, 0.1) is 13.0 Å². The van der Waals surface area contributed by atoms with E-state index in [1.54, 1.807) is 19.2 Å². The van der Waals surface area contributed by atoms with E-state index in [2.05, 4.69) is 4.90 Å². The minimum absolute atomic E-state index is 0.0611. The van der Waals surface area contributed by atoms with E-state index in [-0.39, 0.29) is 11.5 Å². The molecule has 0 bridgehead atoms. The zero-order valence-corrected chi connectivity index (χ0v) is 21.0. The van der Waals surface area contributed by atoms with Crippen molar-refractivity contribution >= 4 is 34.6 Å². The number of carbonyl (C=O) groups is 1. The quantitative estimate of drug-likeness (QED) is 0.413. The van der Waals surface area contributed by atoms with E-state index in [0.29, 0.717) is 61.3 Å². The summed E-state index contributed by atoms with van der Waals surface area (Å²) in [5.74, 6) is 0.683. The summed E-state index contributed by atoms with van der Waals surface area (Å²) in [4.78, 5) is 47.3. The Bertz CT molecular complexity index is 1530. The topological polar surface area (TPSA) is 85.4 Å². The first-order chi connectivity index (χ1) is 17.3. The number of aryl methyl sites for hydroxylation is 1. The van der Waals surface area contributed by atoms with Crippen LogP contribution in [0.4, 0.5) is 5.95 Å². The van der Waals surface area contributed by atoms with Crippen molar-refractivity contribution < 1.29 is 4.79 Å². The molecule has 1 aliphatic rings. The lowest BCUT2D eigenvalue weighted by Gasteiger charge is -2.35. The molecular weight excluding hydrogens is 480 g/mol. The van der Waals surface area contributed by atoms with Gasteiger partial charge in [-0.05, 0) is 23.3 Å². The average Bonchev–Trinajstić information content (AvgIpc) is 3.27. The third-order valence-corrected chi connectivity index (χ3v) is 6.95. The average molecular weight is 507 g/mol. The lowest BCUT2D eigenvalue weighted by atomic mass is 10.1. The van der Waals surface area contributed by atoms with Crippen LogP contribution in [0.15, 0.2) is 64.2 Å². The highest BCUT2D eigenvalue weighted by atomic mass is 35.5. The van der Waals surface area contributed by atoms with Crippen molar-refractivity contribution in [2.24, 2.45) is 14.1 Å². The van der Waals surface area contributed by atoms with Gasteiger partial charge in [-0.3, -0.25) is 23.3 Å². The number of benzene rings is 2. The minimum Gasteiger partial charge on any atom is -0.339 e. The fraction of sp³-hybridized carbons (Fsp3) is 0.308. The Balaban J connectivity index is 1.44. The van der Waals surface area contributed by atoms with Crippen molar-refractivity contribution in [3.63, 3.8) is 0 Å². The maximum atomic E-state index is 13.2. The van der Waals surface area contributed by atoms with Crippen LogP contribution in [0.5, 0.6) is 0 Å². The predicted molar refractivity (Wildman–Crippen MR) is 140 cm³/mol. The van der Waals surface area contributed by atoms with Gasteiger partial charge in [-0.1, -0.05) is 54.1 Å². The zero-order valence-electron chi connectivity index (χ0n) is 20.2. The highest BCUT2D eigenvalue weighted by Gasteiger charge is 2.27. The number of anilines is 1. The Kier molecular flexibility index (Phi) is 6.40. The molecule has 2 aromatic heterocycles. The summed E-state index contributed by atoms with van der Waals surface area (Å²) in [6.07, 6.45) is 0.321. The van der Waals surface area contributed by atoms with Crippen molar-refractivity contribution in [2.45, 2.75) is 13.0 Å². The van der Waals surface area contributed by atoms with E-state index in [1.165, 1.54) is 11.6 Å². The van der Waals surface area contributed by atoms with Gasteiger partial charge >= 0.3 is 5.69 Å². The summed E-state index contributed by atoms with van der Waals surface area (Å²) in [6.45, 7) is 2.66. The first-order valence-electron chi connectivity index (χ1n) is 11.8. The molecule has 4 aromatic rings. The first-order valence-corrected chi connectivity index (χ1v) is 12.2. The summed E-state index contributed by atoms with van der Waals surface area (Å²) in [6, 6.07) is 17.2. The van der Waals surface area contributed by atoms with Crippen molar-refractivity contribution in [2.75, 3.05) is 31.1 Å². The number of nitrogens with zero attached hydrogens (tertiary/aromatic N) is 6. The maximum Gasteiger partial charge on any atom is 0.332 e. The lowest BCUT2D eigenvalue weighted by molar-refractivity contribution is -0.130. The van der Waals surface area contributed by atoms with E-state index in [1.807, 2.05) is 51.9 Å². The van der Waals surface area contributed by atoms with Crippen molar-refractivity contribution in [3.8, 4) is 0 Å². The normalized spacial score (nSPS) is 14.0. The number of imidazole rings is 1. The number of halogens is 1. The van der Waals surface area contributed by atoms with Gasteiger partial charge < -0.3 is 9.80 Å². The van der Waals surface area contributed by atoms with E-state index in [9.17, 15) is 14.4 Å². The Morgan fingerprint density at radius 3 is 2.22 bits per heavy atom. The van der Waals surface area contributed by atoms with Crippen molar-refractivity contribution in [3.05, 3.63) is 91.6 Å². The van der Waals surface area contributed by atoms with Crippen LogP contribution in [0.2, 0.25) is 5.02 Å². The van der Waals surface area contributed by atoms with Gasteiger partial charge in [-0.15, -0.1) is 0 Å². The molecule has 2 aromatic carbocycles. The van der Waals surface area contributed by atoms with Crippen molar-refractivity contribution in [1.29, 1.82) is 0 Å². The summed E-state index contributed by atoms with van der Waals surface area (Å²) < 4.78 is 4.41. The van der Waals surface area contributed by atoms with E-state index >= 15 is 0 Å². The Hall–Kier alpha value is -3.85. The summed E-state index contributed by atoms with van der Waals surface area (Å²) in [5.41, 5.74) is 1.90. The van der Waals surface area contributed by atoms with Gasteiger partial charge in [0.25, 0.3) is 5.56 Å². The molecule has 3 heterocycles. The second-order valence-corrected chi connectivity index (χ2v) is 9.47. The third kappa shape index (κ3) is 4.42. The van der Waals surface area contributed by atoms with E-state index < -0.39 is 5.69 Å². The van der Waals surface area contributed by atoms with Crippen LogP contribution in [0.25, 0.3) is 11.2 Å². The zero-order chi connectivity index (χ0) is 25.4. The molecule has 0 atom stereocenters. The Morgan fingerprint density at radius 1 is 0.889 bits per heavy atom. The number of fused-ring (bicyclic) bond motifs is 1. The Labute approximate surface area is 212 Å². The molecule has 1 saturated heterocycles. The smallest absolute Gasteiger partial charge is 0.332 e. The van der Waals surface area contributed by atoms with E-state index in [4.69, 9.17) is 16.6 Å². The summed E-state index contributed by atoms with van der Waals surface area (Å²) >= 11 is 5.95. The molecule has 5 rings (SSSR count). The van der Waals surface area contributed by atoms with Gasteiger partial charge in [-0.25, -0.2) is 4.79 Å². The molecule has 0 N–H and O–H groups in total. The first kappa shape index (κ1) is 23.9. The number of hydrogen-bond donors (Lipinski definition) is 0. The number of amides is 1. The SMILES string of the molecule is Cn1c(=O)c2c(nc(N3CCN(C(=O)Cc4ccc(Cl)cc4)CC3)n2Cc2ccccc2)n(C)c1=O. The van der Waals surface area contributed by atoms with Crippen LogP contribution >= 0.6 is 11.6 Å². The molecule has 0 unspecified atom stereocenters. The molecule has 1 aliphatic heterocycles. The molecule has 0 aliphatic carbocycles. The fourth-order valence-corrected chi connectivity index (χ4v) is 4.76. The van der Waals surface area contributed by atoms with Gasteiger partial charge in [0.15, 0.2) is 11.2 Å². The van der Waals surface area contributed by atoms with Crippen molar-refractivity contribution in [1.82, 2.24) is 23.6 Å². The lowest BCUT2D eigenvalue weighted by Crippen LogP contribution is -2.50. The fourth-order valence-electron chi connectivity index (χ4n) is 4.64. The molecule has 0 spiro atoms. The predicted octanol–water partition coefficient (Wildman–Crippen LogP) is 2.03. The second-order valence-electron chi connectivity index (χ2n) is 9.03.